The van der Waals surface area contributed by atoms with Crippen molar-refractivity contribution in [2.75, 3.05) is 25.7 Å². The maximum atomic E-state index is 13.9. The van der Waals surface area contributed by atoms with Crippen LogP contribution >= 0.6 is 11.3 Å². The maximum absolute atomic E-state index is 13.9. The van der Waals surface area contributed by atoms with Crippen LogP contribution in [0.4, 0.5) is 5.69 Å². The van der Waals surface area contributed by atoms with Crippen LogP contribution in [0.15, 0.2) is 69.6 Å². The average molecular weight is 490 g/mol. The van der Waals surface area contributed by atoms with Gasteiger partial charge in [0.15, 0.2) is 4.80 Å². The molecule has 1 atom stereocenters. The number of likely N-dealkylation sites (N-methyl/N-ethyl adjacent to an activating group) is 1. The van der Waals surface area contributed by atoms with Crippen molar-refractivity contribution in [2.24, 2.45) is 4.99 Å². The van der Waals surface area contributed by atoms with Crippen LogP contribution in [0.25, 0.3) is 5.57 Å². The van der Waals surface area contributed by atoms with E-state index < -0.39 is 12.0 Å². The zero-order valence-corrected chi connectivity index (χ0v) is 20.5. The Hall–Kier alpha value is -3.98. The number of thiazole rings is 1. The Bertz CT molecular complexity index is 1580. The van der Waals surface area contributed by atoms with Crippen molar-refractivity contribution in [2.45, 2.75) is 19.9 Å². The Morgan fingerprint density at radius 1 is 1.09 bits per heavy atom. The number of fused-ring (bicyclic) bond motifs is 2. The minimum atomic E-state index is -0.756. The van der Waals surface area contributed by atoms with Crippen molar-refractivity contribution in [3.8, 4) is 5.75 Å². The molecular formula is C26H23N3O5S. The molecule has 0 saturated carbocycles. The summed E-state index contributed by atoms with van der Waals surface area (Å²) >= 11 is 1.16. The summed E-state index contributed by atoms with van der Waals surface area (Å²) in [4.78, 5) is 46.8. The number of anilines is 1. The molecule has 0 spiro atoms. The molecule has 1 aromatic heterocycles. The van der Waals surface area contributed by atoms with Gasteiger partial charge in [-0.25, -0.2) is 9.79 Å². The minimum Gasteiger partial charge on any atom is -0.497 e. The summed E-state index contributed by atoms with van der Waals surface area (Å²) in [6.07, 6.45) is 0. The average Bonchev–Trinajstić information content (AvgIpc) is 3.34. The second kappa shape index (κ2) is 8.66. The maximum Gasteiger partial charge on any atom is 0.338 e. The predicted octanol–water partition coefficient (Wildman–Crippen LogP) is 2.15. The fourth-order valence-corrected chi connectivity index (χ4v) is 5.79. The lowest BCUT2D eigenvalue weighted by atomic mass is 9.96. The molecule has 3 aromatic rings. The van der Waals surface area contributed by atoms with Gasteiger partial charge in [0.2, 0.25) is 0 Å². The molecule has 5 rings (SSSR count). The zero-order chi connectivity index (χ0) is 24.9. The molecule has 9 heteroatoms. The quantitative estimate of drug-likeness (QED) is 0.524. The van der Waals surface area contributed by atoms with E-state index >= 15 is 0 Å². The van der Waals surface area contributed by atoms with E-state index in [-0.39, 0.29) is 17.0 Å². The Balaban J connectivity index is 1.82. The number of hydrogen-bond acceptors (Lipinski definition) is 7. The molecule has 0 bridgehead atoms. The fourth-order valence-electron chi connectivity index (χ4n) is 4.66. The Kier molecular flexibility index (Phi) is 5.64. The first kappa shape index (κ1) is 22.8. The minimum absolute atomic E-state index is 0.219. The standard InChI is InChI=1S/C26H23N3O5S/c1-5-28-18-9-7-6-8-17(18)20(23(28)30)22-24(31)29-21(15-10-12-16(33-3)13-11-15)19(25(32)34-4)14(2)27-26(29)35-22/h6-13,21H,5H2,1-4H3/b22-20-. The summed E-state index contributed by atoms with van der Waals surface area (Å²) in [7, 11) is 2.87. The number of esters is 1. The highest BCUT2D eigenvalue weighted by molar-refractivity contribution is 7.07. The van der Waals surface area contributed by atoms with Crippen molar-refractivity contribution < 1.29 is 19.1 Å². The number of ether oxygens (including phenoxy) is 2. The monoisotopic (exact) mass is 489 g/mol. The number of rotatable bonds is 4. The molecule has 178 valence electrons. The molecule has 2 aliphatic heterocycles. The van der Waals surface area contributed by atoms with E-state index in [0.29, 0.717) is 38.5 Å². The van der Waals surface area contributed by atoms with Gasteiger partial charge in [-0.1, -0.05) is 41.7 Å². The van der Waals surface area contributed by atoms with E-state index in [1.807, 2.05) is 31.2 Å². The molecule has 0 saturated heterocycles. The number of methoxy groups -OCH3 is 2. The molecule has 0 radical (unpaired) electrons. The second-order valence-electron chi connectivity index (χ2n) is 8.11. The molecule has 2 aromatic carbocycles. The Morgan fingerprint density at radius 2 is 1.80 bits per heavy atom. The number of carbonyl (C=O) groups is 2. The van der Waals surface area contributed by atoms with Crippen LogP contribution in [0.5, 0.6) is 5.75 Å². The SMILES string of the molecule is CCN1C(=O)/C(=c2\sc3n(c2=O)C(c2ccc(OC)cc2)C(C(=O)OC)=C(C)N=3)c2ccccc21. The van der Waals surface area contributed by atoms with Crippen LogP contribution in [0, 0.1) is 0 Å². The number of para-hydroxylation sites is 1. The molecule has 0 fully saturated rings. The van der Waals surface area contributed by atoms with Crippen molar-refractivity contribution in [1.82, 2.24) is 4.57 Å². The van der Waals surface area contributed by atoms with Gasteiger partial charge in [-0.2, -0.15) is 0 Å². The molecular weight excluding hydrogens is 466 g/mol. The van der Waals surface area contributed by atoms with Crippen molar-refractivity contribution >= 4 is 34.5 Å². The topological polar surface area (TPSA) is 90.2 Å². The highest BCUT2D eigenvalue weighted by atomic mass is 32.1. The highest BCUT2D eigenvalue weighted by Crippen LogP contribution is 2.35. The van der Waals surface area contributed by atoms with Gasteiger partial charge in [0.25, 0.3) is 11.5 Å². The van der Waals surface area contributed by atoms with Gasteiger partial charge in [0.1, 0.15) is 10.3 Å². The van der Waals surface area contributed by atoms with Crippen molar-refractivity contribution in [1.29, 1.82) is 0 Å². The molecule has 0 aliphatic carbocycles. The molecule has 8 nitrogen and oxygen atoms in total. The van der Waals surface area contributed by atoms with Crippen molar-refractivity contribution in [3.05, 3.63) is 90.6 Å². The number of hydrogen-bond donors (Lipinski definition) is 0. The third-order valence-electron chi connectivity index (χ3n) is 6.30. The van der Waals surface area contributed by atoms with E-state index in [1.165, 1.54) is 11.7 Å². The van der Waals surface area contributed by atoms with E-state index in [2.05, 4.69) is 4.99 Å². The summed E-state index contributed by atoms with van der Waals surface area (Å²) < 4.78 is 12.1. The third-order valence-corrected chi connectivity index (χ3v) is 7.35. The number of benzene rings is 2. The largest absolute Gasteiger partial charge is 0.497 e. The number of amides is 1. The van der Waals surface area contributed by atoms with E-state index in [9.17, 15) is 14.4 Å². The first-order valence-corrected chi connectivity index (χ1v) is 11.9. The van der Waals surface area contributed by atoms with E-state index in [1.54, 1.807) is 43.2 Å². The lowest BCUT2D eigenvalue weighted by molar-refractivity contribution is -0.136. The van der Waals surface area contributed by atoms with Gasteiger partial charge < -0.3 is 14.4 Å². The van der Waals surface area contributed by atoms with Gasteiger partial charge >= 0.3 is 5.97 Å². The third kappa shape index (κ3) is 3.42. The first-order chi connectivity index (χ1) is 16.9. The molecule has 1 amide bonds. The fraction of sp³-hybridized carbons (Fsp3) is 0.231. The van der Waals surface area contributed by atoms with Crippen LogP contribution < -0.4 is 24.5 Å². The number of allylic oxidation sites excluding steroid dienone is 1. The Morgan fingerprint density at radius 3 is 2.46 bits per heavy atom. The lowest BCUT2D eigenvalue weighted by Crippen LogP contribution is -2.40. The van der Waals surface area contributed by atoms with Crippen LogP contribution in [0.3, 0.4) is 0 Å². The van der Waals surface area contributed by atoms with Gasteiger partial charge in [-0.15, -0.1) is 0 Å². The van der Waals surface area contributed by atoms with Gasteiger partial charge in [0, 0.05) is 12.1 Å². The summed E-state index contributed by atoms with van der Waals surface area (Å²) in [5, 5.41) is 0. The first-order valence-electron chi connectivity index (χ1n) is 11.1. The number of carbonyl (C=O) groups excluding carboxylic acids is 2. The molecule has 3 heterocycles. The normalized spacial score (nSPS) is 18.2. The van der Waals surface area contributed by atoms with Crippen LogP contribution in [0.1, 0.15) is 31.0 Å². The van der Waals surface area contributed by atoms with Crippen molar-refractivity contribution in [3.63, 3.8) is 0 Å². The van der Waals surface area contributed by atoms with E-state index in [0.717, 1.165) is 22.6 Å². The second-order valence-corrected chi connectivity index (χ2v) is 9.09. The van der Waals surface area contributed by atoms with Crippen LogP contribution in [0.2, 0.25) is 0 Å². The Labute approximate surface area is 205 Å². The zero-order valence-electron chi connectivity index (χ0n) is 19.7. The van der Waals surface area contributed by atoms with Gasteiger partial charge in [-0.05, 0) is 37.6 Å². The van der Waals surface area contributed by atoms with Crippen LogP contribution in [-0.4, -0.2) is 37.2 Å². The van der Waals surface area contributed by atoms with E-state index in [4.69, 9.17) is 9.47 Å². The summed E-state index contributed by atoms with van der Waals surface area (Å²) in [6, 6.07) is 13.8. The number of nitrogens with zero attached hydrogens (tertiary/aromatic N) is 3. The van der Waals surface area contributed by atoms with Gasteiger partial charge in [-0.3, -0.25) is 14.2 Å². The molecule has 35 heavy (non-hydrogen) atoms. The molecule has 0 N–H and O–H groups in total. The number of aromatic nitrogens is 1. The smallest absolute Gasteiger partial charge is 0.338 e. The van der Waals surface area contributed by atoms with Gasteiger partial charge in [0.05, 0.1) is 42.8 Å². The molecule has 1 unspecified atom stereocenters. The predicted molar refractivity (Wildman–Crippen MR) is 132 cm³/mol. The summed E-state index contributed by atoms with van der Waals surface area (Å²) in [5.74, 6) is -0.134. The summed E-state index contributed by atoms with van der Waals surface area (Å²) in [6.45, 7) is 4.10. The van der Waals surface area contributed by atoms with Crippen LogP contribution in [-0.2, 0) is 14.3 Å². The molecule has 2 aliphatic rings. The highest BCUT2D eigenvalue weighted by Gasteiger charge is 2.36. The summed E-state index contributed by atoms with van der Waals surface area (Å²) in [5.41, 5.74) is 2.92. The lowest BCUT2D eigenvalue weighted by Gasteiger charge is -2.24.